The molecule has 2 N–H and O–H groups in total. The molecule has 0 unspecified atom stereocenters. The molecule has 6 heteroatoms. The number of hydrogen-bond donors (Lipinski definition) is 1. The lowest BCUT2D eigenvalue weighted by Gasteiger charge is -2.13. The molecule has 0 amide bonds. The van der Waals surface area contributed by atoms with Crippen molar-refractivity contribution in [3.63, 3.8) is 0 Å². The van der Waals surface area contributed by atoms with Crippen molar-refractivity contribution in [3.8, 4) is 16.9 Å². The summed E-state index contributed by atoms with van der Waals surface area (Å²) in [6, 6.07) is 11.5. The molecule has 2 nitrogen and oxygen atoms in total. The van der Waals surface area contributed by atoms with Gasteiger partial charge in [-0.25, -0.2) is 0 Å². The minimum atomic E-state index is -4.69. The van der Waals surface area contributed by atoms with E-state index in [0.29, 0.717) is 12.1 Å². The molecule has 0 spiro atoms. The third-order valence-electron chi connectivity index (χ3n) is 3.04. The number of alkyl halides is 3. The smallest absolute Gasteiger partial charge is 0.406 e. The molecule has 0 bridgehead atoms. The van der Waals surface area contributed by atoms with Gasteiger partial charge in [-0.2, -0.15) is 0 Å². The molecule has 0 fully saturated rings. The number of rotatable bonds is 3. The Morgan fingerprint density at radius 1 is 1.10 bits per heavy atom. The van der Waals surface area contributed by atoms with E-state index in [1.165, 1.54) is 18.2 Å². The van der Waals surface area contributed by atoms with Gasteiger partial charge < -0.3 is 10.5 Å². The standard InChI is InChI=1S/C15H14F3NO.ClH/c1-10-12(9-19)5-3-7-14(10)11-4-2-6-13(8-11)20-15(16,17)18;/h2-8H,9,19H2,1H3;1H. The van der Waals surface area contributed by atoms with Gasteiger partial charge in [-0.15, -0.1) is 25.6 Å². The maximum absolute atomic E-state index is 12.2. The van der Waals surface area contributed by atoms with E-state index in [4.69, 9.17) is 5.73 Å². The molecule has 2 rings (SSSR count). The van der Waals surface area contributed by atoms with E-state index in [0.717, 1.165) is 16.7 Å². The zero-order valence-corrected chi connectivity index (χ0v) is 12.1. The van der Waals surface area contributed by atoms with Gasteiger partial charge in [-0.3, -0.25) is 0 Å². The van der Waals surface area contributed by atoms with Gasteiger partial charge in [0, 0.05) is 6.54 Å². The largest absolute Gasteiger partial charge is 0.573 e. The molecule has 0 aliphatic heterocycles. The van der Waals surface area contributed by atoms with E-state index in [1.54, 1.807) is 6.07 Å². The Balaban J connectivity index is 0.00000220. The van der Waals surface area contributed by atoms with Crippen molar-refractivity contribution in [2.75, 3.05) is 0 Å². The zero-order valence-electron chi connectivity index (χ0n) is 11.3. The van der Waals surface area contributed by atoms with Gasteiger partial charge in [0.25, 0.3) is 0 Å². The van der Waals surface area contributed by atoms with Crippen LogP contribution >= 0.6 is 12.4 Å². The number of benzene rings is 2. The average molecular weight is 318 g/mol. The van der Waals surface area contributed by atoms with Crippen LogP contribution in [0.4, 0.5) is 13.2 Å². The zero-order chi connectivity index (χ0) is 14.8. The van der Waals surface area contributed by atoms with E-state index < -0.39 is 6.36 Å². The molecule has 21 heavy (non-hydrogen) atoms. The summed E-state index contributed by atoms with van der Waals surface area (Å²) in [5.74, 6) is -0.229. The van der Waals surface area contributed by atoms with Crippen LogP contribution in [0.15, 0.2) is 42.5 Å². The van der Waals surface area contributed by atoms with Gasteiger partial charge in [0.2, 0.25) is 0 Å². The molecule has 0 radical (unpaired) electrons. The van der Waals surface area contributed by atoms with Crippen molar-refractivity contribution in [1.82, 2.24) is 0 Å². The quantitative estimate of drug-likeness (QED) is 0.908. The summed E-state index contributed by atoms with van der Waals surface area (Å²) in [5, 5.41) is 0. The van der Waals surface area contributed by atoms with Crippen molar-refractivity contribution >= 4 is 12.4 Å². The lowest BCUT2D eigenvalue weighted by atomic mass is 9.96. The first kappa shape index (κ1) is 17.3. The molecule has 0 aliphatic carbocycles. The van der Waals surface area contributed by atoms with Gasteiger partial charge >= 0.3 is 6.36 Å². The van der Waals surface area contributed by atoms with Crippen molar-refractivity contribution in [1.29, 1.82) is 0 Å². The first-order valence-electron chi connectivity index (χ1n) is 6.05. The highest BCUT2D eigenvalue weighted by Gasteiger charge is 2.31. The predicted octanol–water partition coefficient (Wildman–Crippen LogP) is 4.44. The highest BCUT2D eigenvalue weighted by Crippen LogP contribution is 2.30. The molecule has 0 saturated carbocycles. The molecular weight excluding hydrogens is 303 g/mol. The van der Waals surface area contributed by atoms with Crippen molar-refractivity contribution in [2.45, 2.75) is 19.8 Å². The average Bonchev–Trinajstić information content (AvgIpc) is 2.37. The van der Waals surface area contributed by atoms with Gasteiger partial charge in [-0.1, -0.05) is 30.3 Å². The minimum absolute atomic E-state index is 0. The van der Waals surface area contributed by atoms with Crippen LogP contribution in [0.1, 0.15) is 11.1 Å². The van der Waals surface area contributed by atoms with Crippen molar-refractivity contribution < 1.29 is 17.9 Å². The van der Waals surface area contributed by atoms with Crippen LogP contribution in [-0.4, -0.2) is 6.36 Å². The van der Waals surface area contributed by atoms with Crippen LogP contribution in [0, 0.1) is 6.92 Å². The first-order valence-corrected chi connectivity index (χ1v) is 6.05. The maximum atomic E-state index is 12.2. The number of ether oxygens (including phenoxy) is 1. The Bertz CT molecular complexity index is 614. The third kappa shape index (κ3) is 4.37. The van der Waals surface area contributed by atoms with E-state index >= 15 is 0 Å². The Labute approximate surface area is 127 Å². The van der Waals surface area contributed by atoms with Gasteiger partial charge in [0.05, 0.1) is 0 Å². The summed E-state index contributed by atoms with van der Waals surface area (Å²) in [5.41, 5.74) is 9.07. The van der Waals surface area contributed by atoms with Crippen LogP contribution in [0.2, 0.25) is 0 Å². The lowest BCUT2D eigenvalue weighted by molar-refractivity contribution is -0.274. The Kier molecular flexibility index (Phi) is 5.63. The number of halogens is 4. The third-order valence-corrected chi connectivity index (χ3v) is 3.04. The molecule has 0 atom stereocenters. The molecule has 0 aromatic heterocycles. The summed E-state index contributed by atoms with van der Waals surface area (Å²) in [4.78, 5) is 0. The summed E-state index contributed by atoms with van der Waals surface area (Å²) < 4.78 is 40.6. The van der Waals surface area contributed by atoms with Crippen LogP contribution < -0.4 is 10.5 Å². The molecule has 2 aromatic carbocycles. The van der Waals surface area contributed by atoms with Crippen molar-refractivity contribution in [2.24, 2.45) is 5.73 Å². The van der Waals surface area contributed by atoms with Gasteiger partial charge in [0.1, 0.15) is 5.75 Å². The van der Waals surface area contributed by atoms with Crippen LogP contribution in [0.5, 0.6) is 5.75 Å². The molecular formula is C15H15ClF3NO. The SMILES string of the molecule is Cc1c(CN)cccc1-c1cccc(OC(F)(F)F)c1.Cl. The Hall–Kier alpha value is -1.72. The second-order valence-corrected chi connectivity index (χ2v) is 4.37. The highest BCUT2D eigenvalue weighted by molar-refractivity contribution is 5.85. The Morgan fingerprint density at radius 2 is 1.76 bits per heavy atom. The van der Waals surface area contributed by atoms with Crippen LogP contribution in [0.3, 0.4) is 0 Å². The fraction of sp³-hybridized carbons (Fsp3) is 0.200. The summed E-state index contributed by atoms with van der Waals surface area (Å²) in [6.07, 6.45) is -4.69. The van der Waals surface area contributed by atoms with Gasteiger partial charge in [-0.05, 0) is 41.3 Å². The summed E-state index contributed by atoms with van der Waals surface area (Å²) in [7, 11) is 0. The monoisotopic (exact) mass is 317 g/mol. The molecule has 0 heterocycles. The van der Waals surface area contributed by atoms with Crippen LogP contribution in [0.25, 0.3) is 11.1 Å². The molecule has 0 aliphatic rings. The summed E-state index contributed by atoms with van der Waals surface area (Å²) in [6.45, 7) is 2.28. The number of nitrogens with two attached hydrogens (primary N) is 1. The first-order chi connectivity index (χ1) is 9.40. The van der Waals surface area contributed by atoms with Gasteiger partial charge in [0.15, 0.2) is 0 Å². The lowest BCUT2D eigenvalue weighted by Crippen LogP contribution is -2.17. The fourth-order valence-corrected chi connectivity index (χ4v) is 2.08. The predicted molar refractivity (Wildman–Crippen MR) is 78.4 cm³/mol. The van der Waals surface area contributed by atoms with E-state index in [1.807, 2.05) is 25.1 Å². The molecule has 0 saturated heterocycles. The van der Waals surface area contributed by atoms with E-state index in [-0.39, 0.29) is 18.2 Å². The molecule has 2 aromatic rings. The second-order valence-electron chi connectivity index (χ2n) is 4.37. The number of hydrogen-bond acceptors (Lipinski definition) is 2. The maximum Gasteiger partial charge on any atom is 0.573 e. The van der Waals surface area contributed by atoms with E-state index in [9.17, 15) is 13.2 Å². The van der Waals surface area contributed by atoms with Crippen LogP contribution in [-0.2, 0) is 6.54 Å². The Morgan fingerprint density at radius 3 is 2.38 bits per heavy atom. The van der Waals surface area contributed by atoms with E-state index in [2.05, 4.69) is 4.74 Å². The molecule has 114 valence electrons. The highest BCUT2D eigenvalue weighted by atomic mass is 35.5. The normalized spacial score (nSPS) is 10.9. The second kappa shape index (κ2) is 6.83. The van der Waals surface area contributed by atoms with Crippen molar-refractivity contribution in [3.05, 3.63) is 53.6 Å². The summed E-state index contributed by atoms with van der Waals surface area (Å²) >= 11 is 0. The topological polar surface area (TPSA) is 35.2 Å². The minimum Gasteiger partial charge on any atom is -0.406 e. The fourth-order valence-electron chi connectivity index (χ4n) is 2.08.